The van der Waals surface area contributed by atoms with Gasteiger partial charge in [0.1, 0.15) is 5.01 Å². The molecule has 0 saturated carbocycles. The van der Waals surface area contributed by atoms with Crippen LogP contribution in [-0.2, 0) is 27.4 Å². The lowest BCUT2D eigenvalue weighted by molar-refractivity contribution is 0.0479. The van der Waals surface area contributed by atoms with Gasteiger partial charge in [-0.15, -0.1) is 11.3 Å². The van der Waals surface area contributed by atoms with Crippen molar-refractivity contribution in [3.05, 3.63) is 16.1 Å². The minimum absolute atomic E-state index is 0.498. The molecular weight excluding hydrogens is 240 g/mol. The van der Waals surface area contributed by atoms with Crippen molar-refractivity contribution >= 4 is 11.3 Å². The molecule has 0 aromatic carbocycles. The van der Waals surface area contributed by atoms with Gasteiger partial charge in [-0.2, -0.15) is 0 Å². The van der Waals surface area contributed by atoms with Crippen LogP contribution in [0.25, 0.3) is 0 Å². The Morgan fingerprint density at radius 3 is 2.76 bits per heavy atom. The average Bonchev–Trinajstić information content (AvgIpc) is 2.80. The Balaban J connectivity index is 1.93. The smallest absolute Gasteiger partial charge is 0.107 e. The number of nitrogens with two attached hydrogens (primary N) is 1. The molecule has 0 spiro atoms. The summed E-state index contributed by atoms with van der Waals surface area (Å²) in [5.74, 6) is 0. The standard InChI is InChI=1S/C11H20N2O3S/c1-14-5-6-15-3-2-4-16-8-10-9-17-11(7-12)13-10/h9H,2-8,12H2,1H3. The molecule has 0 radical (unpaired) electrons. The second-order valence-electron chi connectivity index (χ2n) is 3.45. The Bertz CT molecular complexity index is 294. The molecule has 0 aliphatic carbocycles. The van der Waals surface area contributed by atoms with Gasteiger partial charge in [0.15, 0.2) is 0 Å². The molecule has 6 heteroatoms. The molecule has 0 aliphatic rings. The van der Waals surface area contributed by atoms with Crippen LogP contribution in [0.15, 0.2) is 5.38 Å². The maximum atomic E-state index is 5.48. The van der Waals surface area contributed by atoms with Gasteiger partial charge in [-0.05, 0) is 6.42 Å². The van der Waals surface area contributed by atoms with Crippen LogP contribution in [0.3, 0.4) is 0 Å². The van der Waals surface area contributed by atoms with E-state index in [1.165, 1.54) is 0 Å². The SMILES string of the molecule is COCCOCCCOCc1csc(CN)n1. The van der Waals surface area contributed by atoms with E-state index in [0.29, 0.717) is 39.6 Å². The summed E-state index contributed by atoms with van der Waals surface area (Å²) in [5.41, 5.74) is 6.43. The fourth-order valence-electron chi connectivity index (χ4n) is 1.19. The maximum Gasteiger partial charge on any atom is 0.107 e. The number of methoxy groups -OCH3 is 1. The van der Waals surface area contributed by atoms with E-state index in [1.54, 1.807) is 18.4 Å². The molecule has 0 fully saturated rings. The van der Waals surface area contributed by atoms with Crippen LogP contribution in [0.2, 0.25) is 0 Å². The van der Waals surface area contributed by atoms with Gasteiger partial charge in [-0.25, -0.2) is 4.98 Å². The minimum atomic E-state index is 0.498. The summed E-state index contributed by atoms with van der Waals surface area (Å²) in [5, 5.41) is 2.93. The van der Waals surface area contributed by atoms with Gasteiger partial charge in [-0.1, -0.05) is 0 Å². The van der Waals surface area contributed by atoms with Crippen molar-refractivity contribution in [1.29, 1.82) is 0 Å². The Labute approximate surface area is 106 Å². The van der Waals surface area contributed by atoms with Gasteiger partial charge < -0.3 is 19.9 Å². The van der Waals surface area contributed by atoms with Crippen LogP contribution in [0.5, 0.6) is 0 Å². The molecule has 98 valence electrons. The second kappa shape index (κ2) is 9.49. The highest BCUT2D eigenvalue weighted by Gasteiger charge is 2.00. The molecule has 17 heavy (non-hydrogen) atoms. The lowest BCUT2D eigenvalue weighted by Gasteiger charge is -2.04. The summed E-state index contributed by atoms with van der Waals surface area (Å²) in [7, 11) is 1.66. The monoisotopic (exact) mass is 260 g/mol. The van der Waals surface area contributed by atoms with Gasteiger partial charge in [0.05, 0.1) is 25.5 Å². The zero-order chi connectivity index (χ0) is 12.3. The zero-order valence-electron chi connectivity index (χ0n) is 10.2. The van der Waals surface area contributed by atoms with Crippen molar-refractivity contribution < 1.29 is 14.2 Å². The topological polar surface area (TPSA) is 66.6 Å². The Morgan fingerprint density at radius 1 is 1.24 bits per heavy atom. The van der Waals surface area contributed by atoms with Gasteiger partial charge in [0, 0.05) is 32.2 Å². The molecule has 0 saturated heterocycles. The Morgan fingerprint density at radius 2 is 2.06 bits per heavy atom. The molecule has 1 aromatic rings. The molecule has 1 aromatic heterocycles. The van der Waals surface area contributed by atoms with Crippen LogP contribution < -0.4 is 5.73 Å². The summed E-state index contributed by atoms with van der Waals surface area (Å²) in [6.45, 7) is 3.72. The molecule has 0 aliphatic heterocycles. The maximum absolute atomic E-state index is 5.48. The van der Waals surface area contributed by atoms with Crippen LogP contribution in [0.4, 0.5) is 0 Å². The minimum Gasteiger partial charge on any atom is -0.382 e. The molecule has 1 rings (SSSR count). The first-order valence-corrected chi connectivity index (χ1v) is 6.52. The van der Waals surface area contributed by atoms with Gasteiger partial charge in [0.25, 0.3) is 0 Å². The molecule has 2 N–H and O–H groups in total. The Kier molecular flexibility index (Phi) is 8.12. The van der Waals surface area contributed by atoms with Crippen LogP contribution in [-0.4, -0.2) is 38.5 Å². The summed E-state index contributed by atoms with van der Waals surface area (Å²) < 4.78 is 15.7. The largest absolute Gasteiger partial charge is 0.382 e. The van der Waals surface area contributed by atoms with E-state index >= 15 is 0 Å². The van der Waals surface area contributed by atoms with Crippen molar-refractivity contribution in [2.75, 3.05) is 33.5 Å². The lowest BCUT2D eigenvalue weighted by Crippen LogP contribution is -2.05. The fourth-order valence-corrected chi connectivity index (χ4v) is 1.85. The number of hydrogen-bond donors (Lipinski definition) is 1. The van der Waals surface area contributed by atoms with E-state index in [0.717, 1.165) is 17.1 Å². The molecule has 0 amide bonds. The Hall–Kier alpha value is -0.530. The fraction of sp³-hybridized carbons (Fsp3) is 0.727. The van der Waals surface area contributed by atoms with E-state index in [-0.39, 0.29) is 0 Å². The summed E-state index contributed by atoms with van der Waals surface area (Å²) in [6.07, 6.45) is 0.887. The number of nitrogens with zero attached hydrogens (tertiary/aromatic N) is 1. The molecule has 0 atom stereocenters. The highest BCUT2D eigenvalue weighted by atomic mass is 32.1. The third kappa shape index (κ3) is 6.70. The van der Waals surface area contributed by atoms with Crippen LogP contribution in [0, 0.1) is 0 Å². The number of hydrogen-bond acceptors (Lipinski definition) is 6. The van der Waals surface area contributed by atoms with Gasteiger partial charge in [0.2, 0.25) is 0 Å². The molecule has 0 bridgehead atoms. The summed E-state index contributed by atoms with van der Waals surface area (Å²) >= 11 is 1.57. The van der Waals surface area contributed by atoms with Gasteiger partial charge in [-0.3, -0.25) is 0 Å². The van der Waals surface area contributed by atoms with Crippen molar-refractivity contribution in [3.63, 3.8) is 0 Å². The summed E-state index contributed by atoms with van der Waals surface area (Å²) in [6, 6.07) is 0. The number of ether oxygens (including phenoxy) is 3. The zero-order valence-corrected chi connectivity index (χ0v) is 11.0. The van der Waals surface area contributed by atoms with E-state index in [2.05, 4.69) is 4.98 Å². The van der Waals surface area contributed by atoms with E-state index in [1.807, 2.05) is 5.38 Å². The molecule has 0 unspecified atom stereocenters. The molecular formula is C11H20N2O3S. The number of rotatable bonds is 10. The van der Waals surface area contributed by atoms with Crippen molar-refractivity contribution in [1.82, 2.24) is 4.98 Å². The summed E-state index contributed by atoms with van der Waals surface area (Å²) in [4.78, 5) is 4.31. The quantitative estimate of drug-likeness (QED) is 0.640. The van der Waals surface area contributed by atoms with E-state index in [9.17, 15) is 0 Å². The predicted octanol–water partition coefficient (Wildman–Crippen LogP) is 1.17. The van der Waals surface area contributed by atoms with E-state index in [4.69, 9.17) is 19.9 Å². The third-order valence-electron chi connectivity index (χ3n) is 2.03. The van der Waals surface area contributed by atoms with Gasteiger partial charge >= 0.3 is 0 Å². The van der Waals surface area contributed by atoms with Crippen molar-refractivity contribution in [2.24, 2.45) is 5.73 Å². The first-order chi connectivity index (χ1) is 8.36. The number of aromatic nitrogens is 1. The highest BCUT2D eigenvalue weighted by Crippen LogP contribution is 2.09. The normalized spacial score (nSPS) is 10.9. The highest BCUT2D eigenvalue weighted by molar-refractivity contribution is 7.09. The molecule has 5 nitrogen and oxygen atoms in total. The lowest BCUT2D eigenvalue weighted by atomic mass is 10.5. The predicted molar refractivity (Wildman–Crippen MR) is 67.0 cm³/mol. The molecule has 1 heterocycles. The first kappa shape index (κ1) is 14.5. The van der Waals surface area contributed by atoms with Crippen LogP contribution >= 0.6 is 11.3 Å². The number of thiazole rings is 1. The van der Waals surface area contributed by atoms with Crippen molar-refractivity contribution in [2.45, 2.75) is 19.6 Å². The first-order valence-electron chi connectivity index (χ1n) is 5.64. The van der Waals surface area contributed by atoms with E-state index < -0.39 is 0 Å². The average molecular weight is 260 g/mol. The second-order valence-corrected chi connectivity index (χ2v) is 4.39. The third-order valence-corrected chi connectivity index (χ3v) is 2.95. The van der Waals surface area contributed by atoms with Crippen molar-refractivity contribution in [3.8, 4) is 0 Å². The van der Waals surface area contributed by atoms with Crippen LogP contribution in [0.1, 0.15) is 17.1 Å².